The zero-order valence-electron chi connectivity index (χ0n) is 7.04. The molecule has 0 amide bonds. The molecule has 0 saturated carbocycles. The van der Waals surface area contributed by atoms with E-state index in [1.54, 1.807) is 0 Å². The van der Waals surface area contributed by atoms with Crippen molar-refractivity contribution in [2.24, 2.45) is 0 Å². The monoisotopic (exact) mass is 220 g/mol. The molecule has 1 aromatic carbocycles. The molecule has 8 heteroatoms. The Morgan fingerprint density at radius 2 is 1.73 bits per heavy atom. The second kappa shape index (κ2) is 3.91. The second-order valence-corrected chi connectivity index (χ2v) is 2.62. The van der Waals surface area contributed by atoms with Crippen molar-refractivity contribution in [2.75, 3.05) is 0 Å². The Kier molecular flexibility index (Phi) is 3.01. The summed E-state index contributed by atoms with van der Waals surface area (Å²) < 4.78 is 38.7. The van der Waals surface area contributed by atoms with E-state index in [-0.39, 0.29) is 6.07 Å². The van der Waals surface area contributed by atoms with Crippen LogP contribution in [0.15, 0.2) is 6.07 Å². The first-order valence-electron chi connectivity index (χ1n) is 3.63. The Morgan fingerprint density at radius 3 is 2.13 bits per heavy atom. The molecule has 80 valence electrons. The number of hydrogen-bond donors (Lipinski definition) is 3. The fourth-order valence-corrected chi connectivity index (χ4v) is 1.04. The van der Waals surface area contributed by atoms with E-state index in [1.807, 2.05) is 0 Å². The van der Waals surface area contributed by atoms with E-state index in [1.165, 1.54) is 0 Å². The predicted molar refractivity (Wildman–Crippen MR) is 43.1 cm³/mol. The van der Waals surface area contributed by atoms with Crippen LogP contribution in [0.1, 0.15) is 10.4 Å². The highest BCUT2D eigenvalue weighted by atomic mass is 19.1. The molecule has 15 heavy (non-hydrogen) atoms. The van der Waals surface area contributed by atoms with Crippen molar-refractivity contribution >= 4 is 18.6 Å². The summed E-state index contributed by atoms with van der Waals surface area (Å²) in [7, 11) is -2.55. The standard InChI is InChI=1S/C7H4BF3O4/c9-2-1-3(10)5(8(14)15)6(11)4(2)7(12)13/h1,14-15H,(H,12,13). The van der Waals surface area contributed by atoms with E-state index in [9.17, 15) is 18.0 Å². The lowest BCUT2D eigenvalue weighted by Gasteiger charge is -2.07. The third-order valence-electron chi connectivity index (χ3n) is 1.68. The normalized spacial score (nSPS) is 10.2. The van der Waals surface area contributed by atoms with Gasteiger partial charge in [0.1, 0.15) is 23.0 Å². The average Bonchev–Trinajstić information content (AvgIpc) is 1.99. The van der Waals surface area contributed by atoms with E-state index < -0.39 is 41.6 Å². The van der Waals surface area contributed by atoms with Crippen molar-refractivity contribution in [1.29, 1.82) is 0 Å². The van der Waals surface area contributed by atoms with Gasteiger partial charge in [-0.3, -0.25) is 0 Å². The lowest BCUT2D eigenvalue weighted by atomic mass is 9.78. The maximum atomic E-state index is 13.1. The fraction of sp³-hybridized carbons (Fsp3) is 0. The Morgan fingerprint density at radius 1 is 1.20 bits per heavy atom. The molecule has 0 atom stereocenters. The Labute approximate surface area is 81.7 Å². The first kappa shape index (κ1) is 11.5. The molecule has 1 rings (SSSR count). The minimum absolute atomic E-state index is 0.0707. The van der Waals surface area contributed by atoms with Gasteiger partial charge in [-0.2, -0.15) is 0 Å². The number of rotatable bonds is 2. The zero-order valence-corrected chi connectivity index (χ0v) is 7.04. The average molecular weight is 220 g/mol. The van der Waals surface area contributed by atoms with E-state index in [2.05, 4.69) is 0 Å². The van der Waals surface area contributed by atoms with Gasteiger partial charge >= 0.3 is 13.1 Å². The zero-order chi connectivity index (χ0) is 11.7. The number of carbonyl (C=O) groups is 1. The molecule has 1 aromatic rings. The van der Waals surface area contributed by atoms with Crippen LogP contribution in [0.4, 0.5) is 13.2 Å². The number of carboxylic acid groups (broad SMARTS) is 1. The molecule has 0 radical (unpaired) electrons. The maximum Gasteiger partial charge on any atom is 0.494 e. The van der Waals surface area contributed by atoms with Gasteiger partial charge in [-0.05, 0) is 0 Å². The van der Waals surface area contributed by atoms with Gasteiger partial charge in [0.15, 0.2) is 0 Å². The first-order chi connectivity index (χ1) is 6.86. The Balaban J connectivity index is 3.56. The summed E-state index contributed by atoms with van der Waals surface area (Å²) >= 11 is 0. The van der Waals surface area contributed by atoms with E-state index in [4.69, 9.17) is 15.2 Å². The number of carboxylic acids is 1. The fourth-order valence-electron chi connectivity index (χ4n) is 1.04. The van der Waals surface area contributed by atoms with Crippen LogP contribution in [0.5, 0.6) is 0 Å². The van der Waals surface area contributed by atoms with Gasteiger partial charge in [0, 0.05) is 6.07 Å². The van der Waals surface area contributed by atoms with Crippen molar-refractivity contribution in [3.05, 3.63) is 29.1 Å². The van der Waals surface area contributed by atoms with Gasteiger partial charge in [0.2, 0.25) is 0 Å². The number of halogens is 3. The highest BCUT2D eigenvalue weighted by Crippen LogP contribution is 2.13. The van der Waals surface area contributed by atoms with Crippen LogP contribution in [0.2, 0.25) is 0 Å². The first-order valence-corrected chi connectivity index (χ1v) is 3.63. The second-order valence-electron chi connectivity index (χ2n) is 2.62. The lowest BCUT2D eigenvalue weighted by Crippen LogP contribution is -2.37. The highest BCUT2D eigenvalue weighted by Gasteiger charge is 2.29. The molecule has 0 aliphatic heterocycles. The quantitative estimate of drug-likeness (QED) is 0.586. The van der Waals surface area contributed by atoms with Crippen LogP contribution < -0.4 is 5.46 Å². The third kappa shape index (κ3) is 1.95. The minimum atomic E-state index is -2.55. The predicted octanol–water partition coefficient (Wildman–Crippen LogP) is -0.518. The minimum Gasteiger partial charge on any atom is -0.477 e. The molecular formula is C7H4BF3O4. The molecule has 0 aromatic heterocycles. The lowest BCUT2D eigenvalue weighted by molar-refractivity contribution is 0.0686. The number of benzene rings is 1. The molecule has 0 heterocycles. The van der Waals surface area contributed by atoms with Crippen LogP contribution in [0, 0.1) is 17.5 Å². The topological polar surface area (TPSA) is 77.8 Å². The highest BCUT2D eigenvalue weighted by molar-refractivity contribution is 6.58. The third-order valence-corrected chi connectivity index (χ3v) is 1.68. The summed E-state index contributed by atoms with van der Waals surface area (Å²) in [4.78, 5) is 10.4. The summed E-state index contributed by atoms with van der Waals surface area (Å²) in [6, 6.07) is 0.0707. The molecular weight excluding hydrogens is 216 g/mol. The van der Waals surface area contributed by atoms with Gasteiger partial charge in [-0.1, -0.05) is 0 Å². The van der Waals surface area contributed by atoms with Crippen LogP contribution in [0.3, 0.4) is 0 Å². The molecule has 4 nitrogen and oxygen atoms in total. The van der Waals surface area contributed by atoms with Gasteiger partial charge in [-0.25, -0.2) is 18.0 Å². The molecule has 0 aliphatic carbocycles. The molecule has 0 unspecified atom stereocenters. The van der Waals surface area contributed by atoms with Gasteiger partial charge in [0.05, 0.1) is 5.46 Å². The van der Waals surface area contributed by atoms with Crippen molar-refractivity contribution < 1.29 is 33.1 Å². The van der Waals surface area contributed by atoms with E-state index >= 15 is 0 Å². The van der Waals surface area contributed by atoms with Crippen molar-refractivity contribution in [3.63, 3.8) is 0 Å². The number of aromatic carboxylic acids is 1. The molecule has 0 aliphatic rings. The summed E-state index contributed by atoms with van der Waals surface area (Å²) in [5.41, 5.74) is -2.73. The molecule has 0 bridgehead atoms. The van der Waals surface area contributed by atoms with Crippen LogP contribution in [0.25, 0.3) is 0 Å². The molecule has 0 fully saturated rings. The van der Waals surface area contributed by atoms with Crippen LogP contribution >= 0.6 is 0 Å². The summed E-state index contributed by atoms with van der Waals surface area (Å²) in [5, 5.41) is 25.5. The smallest absolute Gasteiger partial charge is 0.477 e. The molecule has 0 spiro atoms. The SMILES string of the molecule is O=C(O)c1c(F)cc(F)c(B(O)O)c1F. The van der Waals surface area contributed by atoms with E-state index in [0.717, 1.165) is 0 Å². The maximum absolute atomic E-state index is 13.1. The van der Waals surface area contributed by atoms with Gasteiger partial charge < -0.3 is 15.2 Å². The van der Waals surface area contributed by atoms with Crippen molar-refractivity contribution in [2.45, 2.75) is 0 Å². The van der Waals surface area contributed by atoms with Gasteiger partial charge in [-0.15, -0.1) is 0 Å². The van der Waals surface area contributed by atoms with Gasteiger partial charge in [0.25, 0.3) is 0 Å². The van der Waals surface area contributed by atoms with Crippen LogP contribution in [-0.4, -0.2) is 28.2 Å². The van der Waals surface area contributed by atoms with Crippen molar-refractivity contribution in [3.8, 4) is 0 Å². The number of hydrogen-bond acceptors (Lipinski definition) is 3. The summed E-state index contributed by atoms with van der Waals surface area (Å²) in [6.45, 7) is 0. The Hall–Kier alpha value is -1.54. The molecule has 3 N–H and O–H groups in total. The van der Waals surface area contributed by atoms with Crippen LogP contribution in [-0.2, 0) is 0 Å². The molecule has 0 saturated heterocycles. The van der Waals surface area contributed by atoms with E-state index in [0.29, 0.717) is 0 Å². The largest absolute Gasteiger partial charge is 0.494 e. The Bertz CT molecular complexity index is 421. The summed E-state index contributed by atoms with van der Waals surface area (Å²) in [6.07, 6.45) is 0. The van der Waals surface area contributed by atoms with Crippen molar-refractivity contribution in [1.82, 2.24) is 0 Å². The summed E-state index contributed by atoms with van der Waals surface area (Å²) in [5.74, 6) is -6.99.